The lowest BCUT2D eigenvalue weighted by Crippen LogP contribution is -2.54. The molecule has 4 atom stereocenters. The molecule has 4 heteroatoms. The van der Waals surface area contributed by atoms with E-state index in [1.165, 1.54) is 32.1 Å². The molecule has 0 unspecified atom stereocenters. The van der Waals surface area contributed by atoms with E-state index in [1.807, 2.05) is 6.92 Å². The maximum atomic E-state index is 10.2. The number of nitrogens with one attached hydrogen (secondary N) is 1. The van der Waals surface area contributed by atoms with Gasteiger partial charge >= 0.3 is 0 Å². The zero-order chi connectivity index (χ0) is 14.1. The molecule has 0 aromatic heterocycles. The van der Waals surface area contributed by atoms with Crippen molar-refractivity contribution in [3.05, 3.63) is 0 Å². The molecule has 0 amide bonds. The summed E-state index contributed by atoms with van der Waals surface area (Å²) >= 11 is 0. The lowest BCUT2D eigenvalue weighted by molar-refractivity contribution is -0.220. The summed E-state index contributed by atoms with van der Waals surface area (Å²) in [6.45, 7) is 5.23. The van der Waals surface area contributed by atoms with Crippen LogP contribution in [0.5, 0.6) is 0 Å². The van der Waals surface area contributed by atoms with Gasteiger partial charge in [0.15, 0.2) is 6.29 Å². The highest BCUT2D eigenvalue weighted by Crippen LogP contribution is 2.22. The van der Waals surface area contributed by atoms with Crippen LogP contribution < -0.4 is 5.32 Å². The van der Waals surface area contributed by atoms with Crippen LogP contribution in [0.4, 0.5) is 0 Å². The summed E-state index contributed by atoms with van der Waals surface area (Å²) in [5, 5.41) is 13.7. The van der Waals surface area contributed by atoms with Gasteiger partial charge in [0.05, 0.1) is 12.2 Å². The van der Waals surface area contributed by atoms with Crippen LogP contribution in [0, 0.1) is 0 Å². The van der Waals surface area contributed by atoms with Crippen LogP contribution in [-0.2, 0) is 9.47 Å². The molecule has 1 heterocycles. The molecule has 1 aliphatic rings. The standard InChI is InChI=1S/C15H31NO3/c1-4-6-7-8-9-10-16-12-11-14(18-3)19-13(5-2)15(12)17/h12-17H,4-11H2,1-3H3/t12-,13-,14+,15+/m1/s1. The fourth-order valence-corrected chi connectivity index (χ4v) is 2.65. The molecule has 0 spiro atoms. The van der Waals surface area contributed by atoms with E-state index < -0.39 is 6.10 Å². The minimum atomic E-state index is -0.424. The first-order valence-electron chi connectivity index (χ1n) is 7.82. The van der Waals surface area contributed by atoms with E-state index in [4.69, 9.17) is 9.47 Å². The maximum Gasteiger partial charge on any atom is 0.159 e. The number of methoxy groups -OCH3 is 1. The Hall–Kier alpha value is -0.160. The normalized spacial score (nSPS) is 31.6. The number of aliphatic hydroxyl groups excluding tert-OH is 1. The van der Waals surface area contributed by atoms with Crippen LogP contribution in [0.1, 0.15) is 58.8 Å². The molecular formula is C15H31NO3. The summed E-state index contributed by atoms with van der Waals surface area (Å²) in [5.41, 5.74) is 0. The molecule has 4 nitrogen and oxygen atoms in total. The predicted molar refractivity (Wildman–Crippen MR) is 77.1 cm³/mol. The smallest absolute Gasteiger partial charge is 0.159 e. The number of rotatable bonds is 9. The summed E-state index contributed by atoms with van der Waals surface area (Å²) < 4.78 is 11.0. The SMILES string of the molecule is CCCCCCCN[C@@H]1C[C@@H](OC)O[C@H](CC)[C@H]1O. The number of hydrogen-bond donors (Lipinski definition) is 2. The van der Waals surface area contributed by atoms with Gasteiger partial charge in [0.25, 0.3) is 0 Å². The molecule has 0 aliphatic carbocycles. The number of unbranched alkanes of at least 4 members (excludes halogenated alkanes) is 4. The molecule has 1 aliphatic heterocycles. The minimum absolute atomic E-state index is 0.0924. The third kappa shape index (κ3) is 5.78. The topological polar surface area (TPSA) is 50.7 Å². The van der Waals surface area contributed by atoms with Crippen molar-refractivity contribution in [1.82, 2.24) is 5.32 Å². The van der Waals surface area contributed by atoms with Gasteiger partial charge in [-0.25, -0.2) is 0 Å². The van der Waals surface area contributed by atoms with Gasteiger partial charge in [0, 0.05) is 19.6 Å². The van der Waals surface area contributed by atoms with Crippen molar-refractivity contribution in [3.63, 3.8) is 0 Å². The number of ether oxygens (including phenoxy) is 2. The van der Waals surface area contributed by atoms with E-state index >= 15 is 0 Å². The van der Waals surface area contributed by atoms with Gasteiger partial charge in [-0.1, -0.05) is 39.5 Å². The fourth-order valence-electron chi connectivity index (χ4n) is 2.65. The Morgan fingerprint density at radius 3 is 2.58 bits per heavy atom. The largest absolute Gasteiger partial charge is 0.389 e. The van der Waals surface area contributed by atoms with Gasteiger partial charge in [-0.2, -0.15) is 0 Å². The second kappa shape index (κ2) is 9.70. The van der Waals surface area contributed by atoms with Crippen molar-refractivity contribution in [3.8, 4) is 0 Å². The summed E-state index contributed by atoms with van der Waals surface area (Å²) in [6, 6.07) is 0.0924. The van der Waals surface area contributed by atoms with Crippen molar-refractivity contribution in [2.45, 2.75) is 83.3 Å². The summed E-state index contributed by atoms with van der Waals surface area (Å²) in [4.78, 5) is 0. The van der Waals surface area contributed by atoms with Gasteiger partial charge in [0.1, 0.15) is 0 Å². The molecule has 0 radical (unpaired) electrons. The molecule has 19 heavy (non-hydrogen) atoms. The number of hydrogen-bond acceptors (Lipinski definition) is 4. The van der Waals surface area contributed by atoms with Gasteiger partial charge in [-0.05, 0) is 19.4 Å². The van der Waals surface area contributed by atoms with Crippen LogP contribution >= 0.6 is 0 Å². The second-order valence-corrected chi connectivity index (χ2v) is 5.45. The average Bonchev–Trinajstić information content (AvgIpc) is 2.44. The molecule has 2 N–H and O–H groups in total. The first kappa shape index (κ1) is 16.9. The Balaban J connectivity index is 2.25. The molecule has 0 aromatic carbocycles. The van der Waals surface area contributed by atoms with Crippen LogP contribution in [-0.4, -0.2) is 43.3 Å². The maximum absolute atomic E-state index is 10.2. The Kier molecular flexibility index (Phi) is 8.62. The quantitative estimate of drug-likeness (QED) is 0.634. The van der Waals surface area contributed by atoms with E-state index in [0.717, 1.165) is 19.4 Å². The molecule has 0 saturated carbocycles. The van der Waals surface area contributed by atoms with Crippen LogP contribution in [0.15, 0.2) is 0 Å². The van der Waals surface area contributed by atoms with Crippen LogP contribution in [0.2, 0.25) is 0 Å². The number of aliphatic hydroxyl groups is 1. The fraction of sp³-hybridized carbons (Fsp3) is 1.00. The molecule has 1 rings (SSSR count). The van der Waals surface area contributed by atoms with E-state index in [0.29, 0.717) is 0 Å². The minimum Gasteiger partial charge on any atom is -0.389 e. The average molecular weight is 273 g/mol. The van der Waals surface area contributed by atoms with Crippen molar-refractivity contribution >= 4 is 0 Å². The monoisotopic (exact) mass is 273 g/mol. The molecule has 1 saturated heterocycles. The van der Waals surface area contributed by atoms with Crippen molar-refractivity contribution < 1.29 is 14.6 Å². The van der Waals surface area contributed by atoms with Crippen LogP contribution in [0.25, 0.3) is 0 Å². The third-order valence-electron chi connectivity index (χ3n) is 3.92. The first-order chi connectivity index (χ1) is 9.22. The molecular weight excluding hydrogens is 242 g/mol. The van der Waals surface area contributed by atoms with Gasteiger partial charge < -0.3 is 19.9 Å². The van der Waals surface area contributed by atoms with Crippen molar-refractivity contribution in [1.29, 1.82) is 0 Å². The zero-order valence-corrected chi connectivity index (χ0v) is 12.7. The highest BCUT2D eigenvalue weighted by atomic mass is 16.7. The van der Waals surface area contributed by atoms with E-state index in [2.05, 4.69) is 12.2 Å². The van der Waals surface area contributed by atoms with Crippen molar-refractivity contribution in [2.24, 2.45) is 0 Å². The summed E-state index contributed by atoms with van der Waals surface area (Å²) in [5.74, 6) is 0. The Morgan fingerprint density at radius 2 is 1.95 bits per heavy atom. The second-order valence-electron chi connectivity index (χ2n) is 5.45. The molecule has 1 fully saturated rings. The Bertz CT molecular complexity index is 225. The highest BCUT2D eigenvalue weighted by Gasteiger charge is 2.36. The Morgan fingerprint density at radius 1 is 1.21 bits per heavy atom. The zero-order valence-electron chi connectivity index (χ0n) is 12.7. The summed E-state index contributed by atoms with van der Waals surface area (Å²) in [6.07, 6.45) is 7.17. The lowest BCUT2D eigenvalue weighted by atomic mass is 9.97. The van der Waals surface area contributed by atoms with Crippen LogP contribution in [0.3, 0.4) is 0 Å². The third-order valence-corrected chi connectivity index (χ3v) is 3.92. The summed E-state index contributed by atoms with van der Waals surface area (Å²) in [7, 11) is 1.66. The van der Waals surface area contributed by atoms with E-state index in [1.54, 1.807) is 7.11 Å². The predicted octanol–water partition coefficient (Wildman–Crippen LogP) is 2.45. The molecule has 0 aromatic rings. The van der Waals surface area contributed by atoms with E-state index in [-0.39, 0.29) is 18.4 Å². The van der Waals surface area contributed by atoms with Crippen molar-refractivity contribution in [2.75, 3.05) is 13.7 Å². The first-order valence-corrected chi connectivity index (χ1v) is 7.82. The van der Waals surface area contributed by atoms with Gasteiger partial charge in [-0.3, -0.25) is 0 Å². The highest BCUT2D eigenvalue weighted by molar-refractivity contribution is 4.87. The van der Waals surface area contributed by atoms with Gasteiger partial charge in [-0.15, -0.1) is 0 Å². The molecule has 0 bridgehead atoms. The Labute approximate surface area is 117 Å². The molecule has 114 valence electrons. The van der Waals surface area contributed by atoms with E-state index in [9.17, 15) is 5.11 Å². The van der Waals surface area contributed by atoms with Gasteiger partial charge in [0.2, 0.25) is 0 Å². The lowest BCUT2D eigenvalue weighted by Gasteiger charge is -2.39.